The molecule has 1 aromatic carbocycles. The average Bonchev–Trinajstić information content (AvgIpc) is 3.02. The van der Waals surface area contributed by atoms with Crippen LogP contribution in [0.3, 0.4) is 0 Å². The summed E-state index contributed by atoms with van der Waals surface area (Å²) in [6.07, 6.45) is 0. The van der Waals surface area contributed by atoms with Crippen LogP contribution in [0.15, 0.2) is 40.8 Å². The SMILES string of the molecule is Cc1cc(C)nc(NC(=O)c2ccc(COc3ccc(F)cc3F)o2)n1. The fourth-order valence-corrected chi connectivity index (χ4v) is 2.26. The Labute approximate surface area is 147 Å². The first-order valence-electron chi connectivity index (χ1n) is 7.71. The van der Waals surface area contributed by atoms with Gasteiger partial charge in [-0.05, 0) is 44.2 Å². The second-order valence-electron chi connectivity index (χ2n) is 5.56. The van der Waals surface area contributed by atoms with Crippen molar-refractivity contribution >= 4 is 11.9 Å². The normalized spacial score (nSPS) is 10.6. The molecular formula is C18H15F2N3O3. The number of aryl methyl sites for hydroxylation is 2. The van der Waals surface area contributed by atoms with Crippen LogP contribution in [-0.4, -0.2) is 15.9 Å². The van der Waals surface area contributed by atoms with Crippen LogP contribution in [-0.2, 0) is 6.61 Å². The molecule has 1 N–H and O–H groups in total. The monoisotopic (exact) mass is 359 g/mol. The highest BCUT2D eigenvalue weighted by Crippen LogP contribution is 2.20. The number of aromatic nitrogens is 2. The molecule has 0 fully saturated rings. The predicted octanol–water partition coefficient (Wildman–Crippen LogP) is 3.80. The molecule has 0 atom stereocenters. The lowest BCUT2D eigenvalue weighted by Crippen LogP contribution is -2.14. The number of rotatable bonds is 5. The number of carbonyl (C=O) groups is 1. The summed E-state index contributed by atoms with van der Waals surface area (Å²) < 4.78 is 37.0. The lowest BCUT2D eigenvalue weighted by molar-refractivity contribution is 0.0991. The molecule has 8 heteroatoms. The van der Waals surface area contributed by atoms with Crippen LogP contribution in [0.2, 0.25) is 0 Å². The van der Waals surface area contributed by atoms with Gasteiger partial charge in [-0.1, -0.05) is 0 Å². The number of hydrogen-bond donors (Lipinski definition) is 1. The van der Waals surface area contributed by atoms with Gasteiger partial charge in [0, 0.05) is 17.5 Å². The fraction of sp³-hybridized carbons (Fsp3) is 0.167. The first-order valence-corrected chi connectivity index (χ1v) is 7.71. The van der Waals surface area contributed by atoms with E-state index < -0.39 is 17.5 Å². The molecule has 0 aliphatic rings. The molecule has 2 heterocycles. The Morgan fingerprint density at radius 2 is 1.85 bits per heavy atom. The Morgan fingerprint density at radius 1 is 1.12 bits per heavy atom. The number of nitrogens with one attached hydrogen (secondary N) is 1. The van der Waals surface area contributed by atoms with Crippen molar-refractivity contribution in [2.24, 2.45) is 0 Å². The molecule has 1 amide bonds. The maximum atomic E-state index is 13.5. The fourth-order valence-electron chi connectivity index (χ4n) is 2.26. The molecule has 0 saturated heterocycles. The van der Waals surface area contributed by atoms with Gasteiger partial charge >= 0.3 is 0 Å². The molecule has 0 spiro atoms. The van der Waals surface area contributed by atoms with Gasteiger partial charge in [0.15, 0.2) is 17.3 Å². The maximum Gasteiger partial charge on any atom is 0.293 e. The quantitative estimate of drug-likeness (QED) is 0.750. The zero-order valence-electron chi connectivity index (χ0n) is 14.0. The molecular weight excluding hydrogens is 344 g/mol. The van der Waals surface area contributed by atoms with E-state index in [0.717, 1.165) is 23.5 Å². The average molecular weight is 359 g/mol. The van der Waals surface area contributed by atoms with Gasteiger partial charge in [0.2, 0.25) is 5.95 Å². The van der Waals surface area contributed by atoms with Crippen molar-refractivity contribution < 1.29 is 22.7 Å². The smallest absolute Gasteiger partial charge is 0.293 e. The molecule has 134 valence electrons. The largest absolute Gasteiger partial charge is 0.483 e. The summed E-state index contributed by atoms with van der Waals surface area (Å²) in [4.78, 5) is 20.4. The molecule has 0 saturated carbocycles. The van der Waals surface area contributed by atoms with Crippen LogP contribution in [0.4, 0.5) is 14.7 Å². The molecule has 0 bridgehead atoms. The summed E-state index contributed by atoms with van der Waals surface area (Å²) in [5.41, 5.74) is 1.45. The number of anilines is 1. The Morgan fingerprint density at radius 3 is 2.54 bits per heavy atom. The Balaban J connectivity index is 1.64. The minimum atomic E-state index is -0.818. The van der Waals surface area contributed by atoms with Gasteiger partial charge in [0.05, 0.1) is 0 Å². The summed E-state index contributed by atoms with van der Waals surface area (Å²) in [5.74, 6) is -1.63. The van der Waals surface area contributed by atoms with Crippen LogP contribution in [0, 0.1) is 25.5 Å². The first kappa shape index (κ1) is 17.5. The van der Waals surface area contributed by atoms with E-state index in [0.29, 0.717) is 5.76 Å². The third-order valence-electron chi connectivity index (χ3n) is 3.36. The van der Waals surface area contributed by atoms with E-state index in [9.17, 15) is 13.6 Å². The van der Waals surface area contributed by atoms with Crippen molar-refractivity contribution in [3.05, 3.63) is 70.9 Å². The van der Waals surface area contributed by atoms with Crippen molar-refractivity contribution in [2.45, 2.75) is 20.5 Å². The van der Waals surface area contributed by atoms with E-state index in [1.807, 2.05) is 0 Å². The first-order chi connectivity index (χ1) is 12.4. The van der Waals surface area contributed by atoms with Gasteiger partial charge in [-0.15, -0.1) is 0 Å². The topological polar surface area (TPSA) is 77.2 Å². The zero-order chi connectivity index (χ0) is 18.7. The molecule has 3 aromatic rings. The minimum absolute atomic E-state index is 0.0333. The summed E-state index contributed by atoms with van der Waals surface area (Å²) >= 11 is 0. The molecule has 0 unspecified atom stereocenters. The number of ether oxygens (including phenoxy) is 1. The lowest BCUT2D eigenvalue weighted by Gasteiger charge is -2.05. The number of furan rings is 1. The minimum Gasteiger partial charge on any atom is -0.483 e. The molecule has 3 rings (SSSR count). The van der Waals surface area contributed by atoms with E-state index in [4.69, 9.17) is 9.15 Å². The summed E-state index contributed by atoms with van der Waals surface area (Å²) in [6, 6.07) is 7.76. The van der Waals surface area contributed by atoms with Crippen LogP contribution in [0.5, 0.6) is 5.75 Å². The number of amides is 1. The van der Waals surface area contributed by atoms with Crippen LogP contribution in [0.1, 0.15) is 27.7 Å². The van der Waals surface area contributed by atoms with Crippen molar-refractivity contribution in [3.8, 4) is 5.75 Å². The van der Waals surface area contributed by atoms with E-state index >= 15 is 0 Å². The van der Waals surface area contributed by atoms with Gasteiger partial charge in [-0.2, -0.15) is 0 Å². The van der Waals surface area contributed by atoms with Crippen molar-refractivity contribution in [1.82, 2.24) is 9.97 Å². The second-order valence-corrected chi connectivity index (χ2v) is 5.56. The van der Waals surface area contributed by atoms with Crippen molar-refractivity contribution in [3.63, 3.8) is 0 Å². The lowest BCUT2D eigenvalue weighted by atomic mass is 10.3. The van der Waals surface area contributed by atoms with Gasteiger partial charge in [-0.3, -0.25) is 10.1 Å². The Hall–Kier alpha value is -3.29. The van der Waals surface area contributed by atoms with Crippen LogP contribution < -0.4 is 10.1 Å². The molecule has 26 heavy (non-hydrogen) atoms. The van der Waals surface area contributed by atoms with Crippen molar-refractivity contribution in [1.29, 1.82) is 0 Å². The number of halogens is 2. The van der Waals surface area contributed by atoms with Crippen LogP contribution in [0.25, 0.3) is 0 Å². The van der Waals surface area contributed by atoms with Gasteiger partial charge in [-0.25, -0.2) is 18.7 Å². The highest BCUT2D eigenvalue weighted by molar-refractivity contribution is 6.01. The van der Waals surface area contributed by atoms with Gasteiger partial charge < -0.3 is 9.15 Å². The van der Waals surface area contributed by atoms with Gasteiger partial charge in [0.1, 0.15) is 18.2 Å². The van der Waals surface area contributed by atoms with E-state index in [-0.39, 0.29) is 24.1 Å². The molecule has 2 aromatic heterocycles. The molecule has 0 radical (unpaired) electrons. The zero-order valence-corrected chi connectivity index (χ0v) is 14.0. The third-order valence-corrected chi connectivity index (χ3v) is 3.36. The maximum absolute atomic E-state index is 13.5. The number of benzene rings is 1. The third kappa shape index (κ3) is 4.21. The van der Waals surface area contributed by atoms with E-state index in [2.05, 4.69) is 15.3 Å². The number of nitrogens with zero attached hydrogens (tertiary/aromatic N) is 2. The number of hydrogen-bond acceptors (Lipinski definition) is 5. The summed E-state index contributed by atoms with van der Waals surface area (Å²) in [6.45, 7) is 3.47. The summed E-state index contributed by atoms with van der Waals surface area (Å²) in [5, 5.41) is 2.54. The highest BCUT2D eigenvalue weighted by Gasteiger charge is 2.14. The van der Waals surface area contributed by atoms with E-state index in [1.54, 1.807) is 19.9 Å². The Bertz CT molecular complexity index is 936. The predicted molar refractivity (Wildman–Crippen MR) is 88.9 cm³/mol. The summed E-state index contributed by atoms with van der Waals surface area (Å²) in [7, 11) is 0. The Kier molecular flexibility index (Phi) is 4.92. The molecule has 0 aliphatic carbocycles. The highest BCUT2D eigenvalue weighted by atomic mass is 19.1. The van der Waals surface area contributed by atoms with E-state index in [1.165, 1.54) is 18.2 Å². The van der Waals surface area contributed by atoms with Gasteiger partial charge in [0.25, 0.3) is 5.91 Å². The molecule has 0 aliphatic heterocycles. The second kappa shape index (κ2) is 7.30. The standard InChI is InChI=1S/C18H15F2N3O3/c1-10-7-11(2)22-18(21-10)23-17(24)16-6-4-13(26-16)9-25-15-5-3-12(19)8-14(15)20/h3-8H,9H2,1-2H3,(H,21,22,23,24). The van der Waals surface area contributed by atoms with Crippen molar-refractivity contribution in [2.75, 3.05) is 5.32 Å². The number of carbonyl (C=O) groups excluding carboxylic acids is 1. The van der Waals surface area contributed by atoms with Crippen LogP contribution >= 0.6 is 0 Å². The molecule has 6 nitrogen and oxygen atoms in total.